The summed E-state index contributed by atoms with van der Waals surface area (Å²) in [4.78, 5) is 11.9. The second-order valence-electron chi connectivity index (χ2n) is 4.68. The van der Waals surface area contributed by atoms with Gasteiger partial charge >= 0.3 is 0 Å². The van der Waals surface area contributed by atoms with E-state index in [1.54, 1.807) is 38.1 Å². The molecule has 0 aliphatic rings. The Morgan fingerprint density at radius 2 is 2.05 bits per heavy atom. The van der Waals surface area contributed by atoms with Crippen LogP contribution in [0.3, 0.4) is 0 Å². The highest BCUT2D eigenvalue weighted by Crippen LogP contribution is 2.16. The number of rotatable bonds is 6. The molecule has 0 heterocycles. The fourth-order valence-corrected chi connectivity index (χ4v) is 2.84. The van der Waals surface area contributed by atoms with Gasteiger partial charge in [0.05, 0.1) is 19.9 Å². The van der Waals surface area contributed by atoms with Gasteiger partial charge in [0.15, 0.2) is 0 Å². The number of carbonyl (C=O) groups is 1. The second kappa shape index (κ2) is 6.71. The van der Waals surface area contributed by atoms with Crippen molar-refractivity contribution in [3.8, 4) is 5.75 Å². The van der Waals surface area contributed by atoms with Crippen LogP contribution in [-0.2, 0) is 14.8 Å². The Hall–Kier alpha value is -1.60. The highest BCUT2D eigenvalue weighted by molar-refractivity contribution is 7.88. The van der Waals surface area contributed by atoms with E-state index in [4.69, 9.17) is 4.74 Å². The molecule has 0 aliphatic carbocycles. The average molecular weight is 300 g/mol. The van der Waals surface area contributed by atoms with E-state index in [1.807, 2.05) is 0 Å². The summed E-state index contributed by atoms with van der Waals surface area (Å²) in [6.07, 6.45) is 1.09. The van der Waals surface area contributed by atoms with E-state index in [-0.39, 0.29) is 12.6 Å². The number of ether oxygens (including phenoxy) is 1. The normalized spacial score (nSPS) is 11.7. The number of methoxy groups -OCH3 is 1. The van der Waals surface area contributed by atoms with Crippen LogP contribution in [0, 0.1) is 0 Å². The SMILES string of the molecule is COc1cccc(NC(=O)CN(C(C)C)S(C)(=O)=O)c1. The minimum absolute atomic E-state index is 0.215. The summed E-state index contributed by atoms with van der Waals surface area (Å²) in [7, 11) is -1.88. The molecule has 7 heteroatoms. The molecule has 0 aromatic heterocycles. The van der Waals surface area contributed by atoms with Gasteiger partial charge in [-0.15, -0.1) is 0 Å². The van der Waals surface area contributed by atoms with Crippen molar-refractivity contribution in [3.05, 3.63) is 24.3 Å². The smallest absolute Gasteiger partial charge is 0.239 e. The van der Waals surface area contributed by atoms with Crippen molar-refractivity contribution in [2.75, 3.05) is 25.2 Å². The summed E-state index contributed by atoms with van der Waals surface area (Å²) in [6, 6.07) is 6.59. The van der Waals surface area contributed by atoms with Gasteiger partial charge in [0, 0.05) is 17.8 Å². The van der Waals surface area contributed by atoms with Crippen molar-refractivity contribution < 1.29 is 17.9 Å². The van der Waals surface area contributed by atoms with Gasteiger partial charge in [0.25, 0.3) is 0 Å². The van der Waals surface area contributed by atoms with Crippen molar-refractivity contribution in [2.24, 2.45) is 0 Å². The van der Waals surface area contributed by atoms with Crippen LogP contribution in [0.15, 0.2) is 24.3 Å². The lowest BCUT2D eigenvalue weighted by Gasteiger charge is -2.23. The quantitative estimate of drug-likeness (QED) is 0.859. The summed E-state index contributed by atoms with van der Waals surface area (Å²) in [5, 5.41) is 2.65. The highest BCUT2D eigenvalue weighted by Gasteiger charge is 2.23. The lowest BCUT2D eigenvalue weighted by Crippen LogP contribution is -2.41. The number of amides is 1. The molecule has 0 saturated heterocycles. The van der Waals surface area contributed by atoms with Crippen molar-refractivity contribution in [1.82, 2.24) is 4.31 Å². The molecule has 0 radical (unpaired) electrons. The van der Waals surface area contributed by atoms with Gasteiger partial charge in [-0.1, -0.05) is 6.07 Å². The summed E-state index contributed by atoms with van der Waals surface area (Å²) in [5.74, 6) is 0.226. The molecule has 0 aliphatic heterocycles. The molecule has 112 valence electrons. The van der Waals surface area contributed by atoms with Crippen LogP contribution in [-0.4, -0.2) is 44.6 Å². The Kier molecular flexibility index (Phi) is 5.52. The first-order chi connectivity index (χ1) is 9.24. The van der Waals surface area contributed by atoms with Crippen LogP contribution in [0.5, 0.6) is 5.75 Å². The Labute approximate surface area is 119 Å². The molecule has 0 bridgehead atoms. The molecular weight excluding hydrogens is 280 g/mol. The number of benzene rings is 1. The van der Waals surface area contributed by atoms with Crippen molar-refractivity contribution in [2.45, 2.75) is 19.9 Å². The minimum Gasteiger partial charge on any atom is -0.497 e. The van der Waals surface area contributed by atoms with Gasteiger partial charge in [-0.2, -0.15) is 4.31 Å². The molecule has 0 unspecified atom stereocenters. The van der Waals surface area contributed by atoms with E-state index in [0.29, 0.717) is 11.4 Å². The van der Waals surface area contributed by atoms with Gasteiger partial charge < -0.3 is 10.1 Å². The molecule has 1 amide bonds. The molecule has 0 fully saturated rings. The van der Waals surface area contributed by atoms with E-state index >= 15 is 0 Å². The topological polar surface area (TPSA) is 75.7 Å². The first kappa shape index (κ1) is 16.5. The third-order valence-electron chi connectivity index (χ3n) is 2.65. The summed E-state index contributed by atoms with van der Waals surface area (Å²) >= 11 is 0. The monoisotopic (exact) mass is 300 g/mol. The molecule has 0 saturated carbocycles. The van der Waals surface area contributed by atoms with Gasteiger partial charge in [-0.25, -0.2) is 8.42 Å². The number of anilines is 1. The zero-order valence-corrected chi connectivity index (χ0v) is 12.9. The summed E-state index contributed by atoms with van der Waals surface area (Å²) < 4.78 is 29.4. The lowest BCUT2D eigenvalue weighted by atomic mass is 10.3. The van der Waals surface area contributed by atoms with Gasteiger partial charge in [-0.3, -0.25) is 4.79 Å². The Balaban J connectivity index is 2.76. The Bertz CT molecular complexity index is 569. The minimum atomic E-state index is -3.42. The Morgan fingerprint density at radius 3 is 2.55 bits per heavy atom. The summed E-state index contributed by atoms with van der Waals surface area (Å²) in [5.41, 5.74) is 0.562. The van der Waals surface area contributed by atoms with Crippen LogP contribution in [0.1, 0.15) is 13.8 Å². The van der Waals surface area contributed by atoms with Gasteiger partial charge in [-0.05, 0) is 26.0 Å². The van der Waals surface area contributed by atoms with Crippen LogP contribution < -0.4 is 10.1 Å². The van der Waals surface area contributed by atoms with Crippen molar-refractivity contribution >= 4 is 21.6 Å². The fraction of sp³-hybridized carbons (Fsp3) is 0.462. The molecule has 0 atom stereocenters. The molecule has 1 rings (SSSR count). The first-order valence-electron chi connectivity index (χ1n) is 6.14. The highest BCUT2D eigenvalue weighted by atomic mass is 32.2. The van der Waals surface area contributed by atoms with Crippen LogP contribution in [0.4, 0.5) is 5.69 Å². The number of carbonyl (C=O) groups excluding carboxylic acids is 1. The van der Waals surface area contributed by atoms with E-state index < -0.39 is 15.9 Å². The number of nitrogens with one attached hydrogen (secondary N) is 1. The van der Waals surface area contributed by atoms with Crippen LogP contribution in [0.2, 0.25) is 0 Å². The van der Waals surface area contributed by atoms with E-state index in [2.05, 4.69) is 5.32 Å². The third-order valence-corrected chi connectivity index (χ3v) is 4.06. The molecule has 6 nitrogen and oxygen atoms in total. The van der Waals surface area contributed by atoms with Crippen LogP contribution >= 0.6 is 0 Å². The number of hydrogen-bond donors (Lipinski definition) is 1. The fourth-order valence-electron chi connectivity index (χ4n) is 1.73. The maximum atomic E-state index is 11.9. The van der Waals surface area contributed by atoms with Crippen molar-refractivity contribution in [3.63, 3.8) is 0 Å². The number of sulfonamides is 1. The third kappa shape index (κ3) is 4.82. The molecule has 1 aromatic rings. The van der Waals surface area contributed by atoms with Crippen LogP contribution in [0.25, 0.3) is 0 Å². The molecule has 0 spiro atoms. The zero-order valence-electron chi connectivity index (χ0n) is 12.1. The van der Waals surface area contributed by atoms with E-state index in [9.17, 15) is 13.2 Å². The van der Waals surface area contributed by atoms with E-state index in [1.165, 1.54) is 7.11 Å². The molecular formula is C13H20N2O4S. The number of hydrogen-bond acceptors (Lipinski definition) is 4. The van der Waals surface area contributed by atoms with Gasteiger partial charge in [0.1, 0.15) is 5.75 Å². The van der Waals surface area contributed by atoms with Gasteiger partial charge in [0.2, 0.25) is 15.9 Å². The Morgan fingerprint density at radius 1 is 1.40 bits per heavy atom. The predicted molar refractivity (Wildman–Crippen MR) is 78.3 cm³/mol. The lowest BCUT2D eigenvalue weighted by molar-refractivity contribution is -0.116. The molecule has 1 N–H and O–H groups in total. The summed E-state index contributed by atoms with van der Waals surface area (Å²) in [6.45, 7) is 3.23. The molecule has 20 heavy (non-hydrogen) atoms. The maximum Gasteiger partial charge on any atom is 0.239 e. The average Bonchev–Trinajstić information content (AvgIpc) is 2.34. The largest absolute Gasteiger partial charge is 0.497 e. The van der Waals surface area contributed by atoms with Crippen molar-refractivity contribution in [1.29, 1.82) is 0 Å². The maximum absolute atomic E-state index is 11.9. The zero-order chi connectivity index (χ0) is 15.3. The van der Waals surface area contributed by atoms with E-state index in [0.717, 1.165) is 10.6 Å². The standard InChI is InChI=1S/C13H20N2O4S/c1-10(2)15(20(4,17)18)9-13(16)14-11-6-5-7-12(8-11)19-3/h5-8,10H,9H2,1-4H3,(H,14,16). The predicted octanol–water partition coefficient (Wildman–Crippen LogP) is 1.30. The number of nitrogens with zero attached hydrogens (tertiary/aromatic N) is 1. The first-order valence-corrected chi connectivity index (χ1v) is 7.99. The molecule has 1 aromatic carbocycles. The second-order valence-corrected chi connectivity index (χ2v) is 6.62.